The lowest BCUT2D eigenvalue weighted by atomic mass is 10.0. The fraction of sp³-hybridized carbons (Fsp3) is 0.529. The number of aliphatic imine (C=N–C) groups is 1. The number of hydroxylamine groups is 2. The summed E-state index contributed by atoms with van der Waals surface area (Å²) in [5.74, 6) is 0.975. The first-order valence-electron chi connectivity index (χ1n) is 8.55. The van der Waals surface area contributed by atoms with Gasteiger partial charge in [0.1, 0.15) is 24.2 Å². The van der Waals surface area contributed by atoms with Gasteiger partial charge in [-0.1, -0.05) is 6.92 Å². The van der Waals surface area contributed by atoms with Crippen molar-refractivity contribution < 1.29 is 14.4 Å². The number of rotatable bonds is 5. The van der Waals surface area contributed by atoms with Crippen molar-refractivity contribution in [1.29, 1.82) is 0 Å². The molecule has 3 aliphatic heterocycles. The van der Waals surface area contributed by atoms with E-state index in [1.165, 1.54) is 0 Å². The van der Waals surface area contributed by atoms with Crippen molar-refractivity contribution in [2.24, 2.45) is 4.99 Å². The molecule has 0 saturated carbocycles. The van der Waals surface area contributed by atoms with Gasteiger partial charge in [0.2, 0.25) is 0 Å². The van der Waals surface area contributed by atoms with Crippen LogP contribution in [0.1, 0.15) is 27.2 Å². The molecule has 0 aromatic rings. The van der Waals surface area contributed by atoms with Crippen LogP contribution in [0.15, 0.2) is 40.2 Å². The second kappa shape index (κ2) is 7.18. The first-order chi connectivity index (χ1) is 12.1. The first-order valence-corrected chi connectivity index (χ1v) is 8.55. The second-order valence-electron chi connectivity index (χ2n) is 6.05. The van der Waals surface area contributed by atoms with Gasteiger partial charge in [-0.05, 0) is 25.8 Å². The van der Waals surface area contributed by atoms with E-state index in [1.807, 2.05) is 13.1 Å². The predicted octanol–water partition coefficient (Wildman–Crippen LogP) is 1.96. The van der Waals surface area contributed by atoms with Crippen molar-refractivity contribution in [2.45, 2.75) is 33.2 Å². The summed E-state index contributed by atoms with van der Waals surface area (Å²) in [5, 5.41) is 4.67. The standard InChI is InChI=1S/C17H25N5O3/c1-5-7-20-9-12(3)14(19-17(23)25-6-2)15-16(20)22-11-21(24-4)10-13(22)8-18-15/h8-10,14H,5-7,11H2,1-4H3,(H,19,23). The van der Waals surface area contributed by atoms with Crippen molar-refractivity contribution in [2.75, 3.05) is 26.9 Å². The smallest absolute Gasteiger partial charge is 0.407 e. The van der Waals surface area contributed by atoms with Gasteiger partial charge in [-0.25, -0.2) is 9.86 Å². The number of nitrogens with one attached hydrogen (secondary N) is 1. The maximum Gasteiger partial charge on any atom is 0.407 e. The van der Waals surface area contributed by atoms with Crippen LogP contribution >= 0.6 is 0 Å². The Morgan fingerprint density at radius 2 is 2.20 bits per heavy atom. The molecule has 1 atom stereocenters. The molecule has 8 nitrogen and oxygen atoms in total. The number of hydrogen-bond acceptors (Lipinski definition) is 7. The molecule has 0 fully saturated rings. The van der Waals surface area contributed by atoms with Crippen LogP contribution in [-0.2, 0) is 9.57 Å². The van der Waals surface area contributed by atoms with Gasteiger partial charge in [0.15, 0.2) is 0 Å². The third kappa shape index (κ3) is 3.21. The predicted molar refractivity (Wildman–Crippen MR) is 93.9 cm³/mol. The van der Waals surface area contributed by atoms with Crippen molar-refractivity contribution in [3.05, 3.63) is 35.2 Å². The van der Waals surface area contributed by atoms with Gasteiger partial charge in [-0.3, -0.25) is 9.83 Å². The van der Waals surface area contributed by atoms with E-state index in [4.69, 9.17) is 9.57 Å². The molecular weight excluding hydrogens is 322 g/mol. The Labute approximate surface area is 148 Å². The van der Waals surface area contributed by atoms with Gasteiger partial charge in [0.05, 0.1) is 31.8 Å². The highest BCUT2D eigenvalue weighted by atomic mass is 16.7. The number of carbonyl (C=O) groups is 1. The van der Waals surface area contributed by atoms with Crippen molar-refractivity contribution in [1.82, 2.24) is 20.2 Å². The molecule has 25 heavy (non-hydrogen) atoms. The summed E-state index contributed by atoms with van der Waals surface area (Å²) in [7, 11) is 1.64. The van der Waals surface area contributed by atoms with Gasteiger partial charge >= 0.3 is 6.09 Å². The van der Waals surface area contributed by atoms with Gasteiger partial charge < -0.3 is 19.9 Å². The Hall–Kier alpha value is -2.48. The first kappa shape index (κ1) is 17.3. The molecule has 8 heteroatoms. The van der Waals surface area contributed by atoms with Crippen LogP contribution in [0.5, 0.6) is 0 Å². The van der Waals surface area contributed by atoms with Crippen LogP contribution in [0.2, 0.25) is 0 Å². The van der Waals surface area contributed by atoms with Gasteiger partial charge in [0, 0.05) is 12.7 Å². The molecule has 0 bridgehead atoms. The Kier molecular flexibility index (Phi) is 4.98. The Bertz CT molecular complexity index is 667. The highest BCUT2D eigenvalue weighted by molar-refractivity contribution is 5.82. The second-order valence-corrected chi connectivity index (χ2v) is 6.05. The van der Waals surface area contributed by atoms with Crippen LogP contribution in [-0.4, -0.2) is 60.1 Å². The Morgan fingerprint density at radius 3 is 2.88 bits per heavy atom. The van der Waals surface area contributed by atoms with Crippen LogP contribution in [0.4, 0.5) is 4.79 Å². The fourth-order valence-electron chi connectivity index (χ4n) is 3.20. The SMILES string of the molecule is CCCN1C=C(C)C(NC(=O)OCC)C2=C1N1CN(OC)C=C1C=N2. The van der Waals surface area contributed by atoms with Crippen molar-refractivity contribution >= 4 is 12.3 Å². The topological polar surface area (TPSA) is 69.6 Å². The minimum Gasteiger partial charge on any atom is -0.450 e. The average molecular weight is 347 g/mol. The number of carbonyl (C=O) groups excluding carboxylic acids is 1. The number of alkyl carbamates (subject to hydrolysis) is 1. The zero-order chi connectivity index (χ0) is 18.0. The minimum absolute atomic E-state index is 0.309. The molecule has 3 heterocycles. The minimum atomic E-state index is -0.437. The van der Waals surface area contributed by atoms with Gasteiger partial charge in [0.25, 0.3) is 0 Å². The molecule has 0 aromatic carbocycles. The Balaban J connectivity index is 1.95. The maximum atomic E-state index is 12.0. The van der Waals surface area contributed by atoms with E-state index in [1.54, 1.807) is 25.3 Å². The third-order valence-electron chi connectivity index (χ3n) is 4.29. The van der Waals surface area contributed by atoms with Crippen LogP contribution in [0.3, 0.4) is 0 Å². The Morgan fingerprint density at radius 1 is 1.40 bits per heavy atom. The number of hydrogen-bond donors (Lipinski definition) is 1. The molecule has 3 aliphatic rings. The van der Waals surface area contributed by atoms with Crippen molar-refractivity contribution in [3.63, 3.8) is 0 Å². The lowest BCUT2D eigenvalue weighted by Gasteiger charge is -2.40. The molecule has 0 spiro atoms. The third-order valence-corrected chi connectivity index (χ3v) is 4.29. The zero-order valence-electron chi connectivity index (χ0n) is 15.2. The summed E-state index contributed by atoms with van der Waals surface area (Å²) in [6.45, 7) is 7.71. The van der Waals surface area contributed by atoms with Crippen LogP contribution in [0.25, 0.3) is 0 Å². The van der Waals surface area contributed by atoms with Crippen LogP contribution in [0, 0.1) is 0 Å². The van der Waals surface area contributed by atoms with E-state index in [0.29, 0.717) is 13.3 Å². The number of ether oxygens (including phenoxy) is 1. The monoisotopic (exact) mass is 347 g/mol. The lowest BCUT2D eigenvalue weighted by Crippen LogP contribution is -2.46. The van der Waals surface area contributed by atoms with Gasteiger partial charge in [-0.2, -0.15) is 0 Å². The number of allylic oxidation sites excluding steroid dienone is 1. The highest BCUT2D eigenvalue weighted by Gasteiger charge is 2.37. The van der Waals surface area contributed by atoms with E-state index in [2.05, 4.69) is 33.2 Å². The summed E-state index contributed by atoms with van der Waals surface area (Å²) in [6, 6.07) is -0.309. The van der Waals surface area contributed by atoms with E-state index in [9.17, 15) is 4.79 Å². The zero-order valence-corrected chi connectivity index (χ0v) is 15.2. The van der Waals surface area contributed by atoms with Crippen LogP contribution < -0.4 is 5.32 Å². The van der Waals surface area contributed by atoms with E-state index < -0.39 is 6.09 Å². The molecule has 0 saturated heterocycles. The highest BCUT2D eigenvalue weighted by Crippen LogP contribution is 2.35. The fourth-order valence-corrected chi connectivity index (χ4v) is 3.20. The molecular formula is C17H25N5O3. The molecule has 0 aliphatic carbocycles. The maximum absolute atomic E-state index is 12.0. The molecule has 1 unspecified atom stereocenters. The summed E-state index contributed by atoms with van der Waals surface area (Å²) in [6.07, 6.45) is 6.36. The van der Waals surface area contributed by atoms with E-state index in [-0.39, 0.29) is 6.04 Å². The molecule has 0 radical (unpaired) electrons. The summed E-state index contributed by atoms with van der Waals surface area (Å²) >= 11 is 0. The van der Waals surface area contributed by atoms with E-state index >= 15 is 0 Å². The number of amides is 1. The molecule has 136 valence electrons. The largest absolute Gasteiger partial charge is 0.450 e. The number of fused-ring (bicyclic) bond motifs is 2. The van der Waals surface area contributed by atoms with Crippen molar-refractivity contribution in [3.8, 4) is 0 Å². The number of nitrogens with zero attached hydrogens (tertiary/aromatic N) is 4. The average Bonchev–Trinajstić information content (AvgIpc) is 3.01. The molecule has 1 N–H and O–H groups in total. The summed E-state index contributed by atoms with van der Waals surface area (Å²) in [5.41, 5.74) is 2.80. The molecule has 0 aromatic heterocycles. The normalized spacial score (nSPS) is 21.8. The van der Waals surface area contributed by atoms with E-state index in [0.717, 1.165) is 35.8 Å². The quantitative estimate of drug-likeness (QED) is 0.820. The molecule has 1 amide bonds. The van der Waals surface area contributed by atoms with Gasteiger partial charge in [-0.15, -0.1) is 0 Å². The molecule has 3 rings (SSSR count). The summed E-state index contributed by atoms with van der Waals surface area (Å²) < 4.78 is 5.05. The summed E-state index contributed by atoms with van der Waals surface area (Å²) in [4.78, 5) is 26.3. The lowest BCUT2D eigenvalue weighted by molar-refractivity contribution is -0.0968.